The highest BCUT2D eigenvalue weighted by Crippen LogP contribution is 2.41. The lowest BCUT2D eigenvalue weighted by Gasteiger charge is -2.26. The van der Waals surface area contributed by atoms with Crippen LogP contribution in [0.1, 0.15) is 77.5 Å². The van der Waals surface area contributed by atoms with Crippen molar-refractivity contribution in [2.24, 2.45) is 0 Å². The van der Waals surface area contributed by atoms with Gasteiger partial charge in [-0.3, -0.25) is 9.59 Å². The number of rotatable bonds is 10. The van der Waals surface area contributed by atoms with Crippen LogP contribution in [0.2, 0.25) is 0 Å². The number of hydrogen-bond acceptors (Lipinski definition) is 5. The van der Waals surface area contributed by atoms with Crippen LogP contribution in [0.3, 0.4) is 0 Å². The first kappa shape index (κ1) is 26.5. The molecular weight excluding hydrogens is 490 g/mol. The maximum absolute atomic E-state index is 14.0. The van der Waals surface area contributed by atoms with Crippen molar-refractivity contribution in [1.82, 2.24) is 4.90 Å². The van der Waals surface area contributed by atoms with Gasteiger partial charge in [-0.25, -0.2) is 0 Å². The standard InChI is InChI=1S/C33H35NO5/c1-5-7-11-16-34-29(28-30(35)25-18-21(3)17-22(4)31(25)39-32(28)33(34)36)24-14-15-26(27(19-24)37-6-2)38-20-23-12-9-8-10-13-23/h8-10,12-15,17-19,29H,5-7,11,16,20H2,1-4H3. The van der Waals surface area contributed by atoms with Crippen LogP contribution in [0.5, 0.6) is 11.5 Å². The highest BCUT2D eigenvalue weighted by Gasteiger charge is 2.42. The highest BCUT2D eigenvalue weighted by molar-refractivity contribution is 5.99. The fourth-order valence-electron chi connectivity index (χ4n) is 5.40. The molecule has 1 atom stereocenters. The van der Waals surface area contributed by atoms with Gasteiger partial charge < -0.3 is 18.8 Å². The summed E-state index contributed by atoms with van der Waals surface area (Å²) < 4.78 is 18.3. The number of ether oxygens (including phenoxy) is 2. The van der Waals surface area contributed by atoms with E-state index in [-0.39, 0.29) is 17.1 Å². The second kappa shape index (κ2) is 11.4. The number of unbranched alkanes of at least 4 members (excludes halogenated alkanes) is 2. The molecule has 0 spiro atoms. The summed E-state index contributed by atoms with van der Waals surface area (Å²) in [5.74, 6) is 1.09. The zero-order valence-electron chi connectivity index (χ0n) is 23.1. The Bertz CT molecular complexity index is 1560. The zero-order chi connectivity index (χ0) is 27.5. The van der Waals surface area contributed by atoms with Crippen molar-refractivity contribution < 1.29 is 18.7 Å². The fourth-order valence-corrected chi connectivity index (χ4v) is 5.40. The quantitative estimate of drug-likeness (QED) is 0.206. The number of hydrogen-bond donors (Lipinski definition) is 0. The van der Waals surface area contributed by atoms with Crippen molar-refractivity contribution >= 4 is 16.9 Å². The molecule has 0 fully saturated rings. The molecule has 0 aliphatic carbocycles. The van der Waals surface area contributed by atoms with Crippen LogP contribution in [0, 0.1) is 13.8 Å². The monoisotopic (exact) mass is 525 g/mol. The molecule has 3 aromatic carbocycles. The van der Waals surface area contributed by atoms with Gasteiger partial charge >= 0.3 is 0 Å². The summed E-state index contributed by atoms with van der Waals surface area (Å²) in [6.07, 6.45) is 2.86. The molecule has 6 heteroatoms. The minimum atomic E-state index is -0.562. The second-order valence-corrected chi connectivity index (χ2v) is 10.2. The average molecular weight is 526 g/mol. The predicted molar refractivity (Wildman–Crippen MR) is 153 cm³/mol. The summed E-state index contributed by atoms with van der Waals surface area (Å²) in [6.45, 7) is 9.31. The van der Waals surface area contributed by atoms with Gasteiger partial charge in [-0.1, -0.05) is 62.2 Å². The maximum Gasteiger partial charge on any atom is 0.290 e. The van der Waals surface area contributed by atoms with E-state index in [0.29, 0.717) is 47.8 Å². The van der Waals surface area contributed by atoms with Crippen molar-refractivity contribution in [3.05, 3.63) is 104 Å². The summed E-state index contributed by atoms with van der Waals surface area (Å²) in [6, 6.07) is 18.9. The second-order valence-electron chi connectivity index (χ2n) is 10.2. The Hall–Kier alpha value is -4.06. The number of carbonyl (C=O) groups is 1. The van der Waals surface area contributed by atoms with Crippen molar-refractivity contribution in [2.75, 3.05) is 13.2 Å². The summed E-state index contributed by atoms with van der Waals surface area (Å²) in [4.78, 5) is 29.5. The largest absolute Gasteiger partial charge is 0.490 e. The van der Waals surface area contributed by atoms with Crippen LogP contribution >= 0.6 is 0 Å². The molecule has 6 nitrogen and oxygen atoms in total. The van der Waals surface area contributed by atoms with Gasteiger partial charge in [0.25, 0.3) is 5.91 Å². The van der Waals surface area contributed by atoms with Gasteiger partial charge in [0.2, 0.25) is 5.76 Å². The van der Waals surface area contributed by atoms with Gasteiger partial charge in [-0.05, 0) is 67.6 Å². The summed E-state index contributed by atoms with van der Waals surface area (Å²) >= 11 is 0. The topological polar surface area (TPSA) is 69.0 Å². The van der Waals surface area contributed by atoms with Gasteiger partial charge in [0.05, 0.1) is 23.6 Å². The summed E-state index contributed by atoms with van der Waals surface area (Å²) in [5, 5.41) is 0.507. The van der Waals surface area contributed by atoms with Crippen molar-refractivity contribution in [3.63, 3.8) is 0 Å². The SMILES string of the molecule is CCCCCN1C(=O)c2oc3c(C)cc(C)cc3c(=O)c2C1c1ccc(OCc2ccccc2)c(OCC)c1. The molecule has 0 saturated heterocycles. The molecule has 1 amide bonds. The Morgan fingerprint density at radius 1 is 0.897 bits per heavy atom. The summed E-state index contributed by atoms with van der Waals surface area (Å²) in [5.41, 5.74) is 4.39. The van der Waals surface area contributed by atoms with E-state index in [0.717, 1.165) is 41.5 Å². The van der Waals surface area contributed by atoms with Crippen LogP contribution in [-0.4, -0.2) is 24.0 Å². The average Bonchev–Trinajstić information content (AvgIpc) is 3.21. The number of amides is 1. The lowest BCUT2D eigenvalue weighted by molar-refractivity contribution is 0.0724. The lowest BCUT2D eigenvalue weighted by atomic mass is 9.97. The van der Waals surface area contributed by atoms with Gasteiger partial charge in [0.15, 0.2) is 16.9 Å². The Morgan fingerprint density at radius 3 is 2.44 bits per heavy atom. The third-order valence-corrected chi connectivity index (χ3v) is 7.22. The molecule has 5 rings (SSSR count). The van der Waals surface area contributed by atoms with Crippen molar-refractivity contribution in [3.8, 4) is 11.5 Å². The predicted octanol–water partition coefficient (Wildman–Crippen LogP) is 7.12. The Balaban J connectivity index is 1.60. The molecule has 1 unspecified atom stereocenters. The molecule has 0 N–H and O–H groups in total. The molecular formula is C33H35NO5. The normalized spacial score (nSPS) is 14.6. The molecule has 1 aliphatic heterocycles. The van der Waals surface area contributed by atoms with E-state index in [1.54, 1.807) is 4.90 Å². The third-order valence-electron chi connectivity index (χ3n) is 7.22. The molecule has 39 heavy (non-hydrogen) atoms. The van der Waals surface area contributed by atoms with E-state index < -0.39 is 6.04 Å². The van der Waals surface area contributed by atoms with E-state index in [9.17, 15) is 9.59 Å². The highest BCUT2D eigenvalue weighted by atomic mass is 16.5. The number of fused-ring (bicyclic) bond motifs is 2. The van der Waals surface area contributed by atoms with E-state index in [2.05, 4.69) is 6.92 Å². The Labute approximate surface area is 229 Å². The number of carbonyl (C=O) groups excluding carboxylic acids is 1. The minimum Gasteiger partial charge on any atom is -0.490 e. The van der Waals surface area contributed by atoms with E-state index in [1.807, 2.05) is 81.4 Å². The molecule has 202 valence electrons. The van der Waals surface area contributed by atoms with Crippen LogP contribution in [0.4, 0.5) is 0 Å². The molecule has 0 radical (unpaired) electrons. The number of aryl methyl sites for hydroxylation is 2. The molecule has 2 heterocycles. The lowest BCUT2D eigenvalue weighted by Crippen LogP contribution is -2.30. The smallest absolute Gasteiger partial charge is 0.290 e. The van der Waals surface area contributed by atoms with Crippen LogP contribution < -0.4 is 14.9 Å². The Kier molecular flexibility index (Phi) is 7.73. The number of benzene rings is 3. The maximum atomic E-state index is 14.0. The van der Waals surface area contributed by atoms with Gasteiger partial charge in [0.1, 0.15) is 12.2 Å². The molecule has 0 saturated carbocycles. The number of nitrogens with zero attached hydrogens (tertiary/aromatic N) is 1. The molecule has 0 bridgehead atoms. The van der Waals surface area contributed by atoms with Crippen molar-refractivity contribution in [2.45, 2.75) is 59.6 Å². The van der Waals surface area contributed by atoms with Crippen LogP contribution in [0.15, 0.2) is 69.9 Å². The molecule has 1 aliphatic rings. The fraction of sp³-hybridized carbons (Fsp3) is 0.333. The van der Waals surface area contributed by atoms with Crippen molar-refractivity contribution in [1.29, 1.82) is 0 Å². The van der Waals surface area contributed by atoms with E-state index >= 15 is 0 Å². The first-order valence-corrected chi connectivity index (χ1v) is 13.7. The van der Waals surface area contributed by atoms with E-state index in [4.69, 9.17) is 13.9 Å². The van der Waals surface area contributed by atoms with Gasteiger partial charge in [0, 0.05) is 6.54 Å². The molecule has 4 aromatic rings. The van der Waals surface area contributed by atoms with Crippen LogP contribution in [-0.2, 0) is 6.61 Å². The summed E-state index contributed by atoms with van der Waals surface area (Å²) in [7, 11) is 0. The first-order valence-electron chi connectivity index (χ1n) is 13.7. The van der Waals surface area contributed by atoms with Gasteiger partial charge in [-0.2, -0.15) is 0 Å². The Morgan fingerprint density at radius 2 is 1.69 bits per heavy atom. The first-order chi connectivity index (χ1) is 18.9. The molecule has 1 aromatic heterocycles. The van der Waals surface area contributed by atoms with Gasteiger partial charge in [-0.15, -0.1) is 0 Å². The minimum absolute atomic E-state index is 0.142. The van der Waals surface area contributed by atoms with Crippen LogP contribution in [0.25, 0.3) is 11.0 Å². The van der Waals surface area contributed by atoms with E-state index in [1.165, 1.54) is 0 Å². The zero-order valence-corrected chi connectivity index (χ0v) is 23.1. The third kappa shape index (κ3) is 5.16.